The molecule has 0 spiro atoms. The third kappa shape index (κ3) is 5.59. The van der Waals surface area contributed by atoms with Gasteiger partial charge in [0.05, 0.1) is 6.61 Å². The third-order valence-electron chi connectivity index (χ3n) is 0.677. The van der Waals surface area contributed by atoms with E-state index in [1.165, 1.54) is 0 Å². The van der Waals surface area contributed by atoms with Crippen LogP contribution in [-0.2, 0) is 14.3 Å². The van der Waals surface area contributed by atoms with Crippen LogP contribution in [0.25, 0.3) is 0 Å². The highest BCUT2D eigenvalue weighted by atomic mass is 35.5. The van der Waals surface area contributed by atoms with Crippen LogP contribution in [0.1, 0.15) is 6.92 Å². The van der Waals surface area contributed by atoms with Crippen LogP contribution in [0, 0.1) is 0 Å². The highest BCUT2D eigenvalue weighted by molar-refractivity contribution is 6.17. The normalized spacial score (nSPS) is 12.7. The summed E-state index contributed by atoms with van der Waals surface area (Å²) in [5, 5.41) is 0. The predicted molar refractivity (Wildman–Crippen MR) is 33.3 cm³/mol. The van der Waals surface area contributed by atoms with Crippen molar-refractivity contribution in [3.63, 3.8) is 0 Å². The molecular formula is C5H9ClO3. The Hall–Kier alpha value is -0.280. The fourth-order valence-electron chi connectivity index (χ4n) is 0.328. The van der Waals surface area contributed by atoms with Crippen LogP contribution in [0.2, 0.25) is 0 Å². The smallest absolute Gasteiger partial charge is 0.295 e. The number of rotatable bonds is 5. The summed E-state index contributed by atoms with van der Waals surface area (Å²) >= 11 is 5.28. The highest BCUT2D eigenvalue weighted by Crippen LogP contribution is 1.90. The van der Waals surface area contributed by atoms with Crippen molar-refractivity contribution in [3.05, 3.63) is 0 Å². The average molecular weight is 153 g/mol. The minimum Gasteiger partial charge on any atom is -0.438 e. The summed E-state index contributed by atoms with van der Waals surface area (Å²) in [6, 6.07) is 0. The van der Waals surface area contributed by atoms with Gasteiger partial charge in [0, 0.05) is 5.88 Å². The van der Waals surface area contributed by atoms with Gasteiger partial charge in [-0.2, -0.15) is 0 Å². The van der Waals surface area contributed by atoms with Crippen LogP contribution in [0.4, 0.5) is 0 Å². The Morgan fingerprint density at radius 1 is 1.78 bits per heavy atom. The van der Waals surface area contributed by atoms with Crippen LogP contribution in [-0.4, -0.2) is 25.2 Å². The first-order valence-electron chi connectivity index (χ1n) is 2.58. The molecule has 0 radical (unpaired) electrons. The number of alkyl halides is 1. The number of ether oxygens (including phenoxy) is 2. The van der Waals surface area contributed by atoms with E-state index in [-0.39, 0.29) is 0 Å². The predicted octanol–water partition coefficient (Wildman–Crippen LogP) is 0.761. The van der Waals surface area contributed by atoms with E-state index in [1.54, 1.807) is 6.92 Å². The largest absolute Gasteiger partial charge is 0.438 e. The van der Waals surface area contributed by atoms with Crippen molar-refractivity contribution in [2.45, 2.75) is 13.2 Å². The zero-order valence-corrected chi connectivity index (χ0v) is 5.93. The van der Waals surface area contributed by atoms with Gasteiger partial charge in [0.2, 0.25) is 0 Å². The molecule has 0 aliphatic rings. The van der Waals surface area contributed by atoms with Crippen molar-refractivity contribution in [1.82, 2.24) is 0 Å². The lowest BCUT2D eigenvalue weighted by Gasteiger charge is -2.07. The molecule has 0 N–H and O–H groups in total. The average Bonchev–Trinajstić information content (AvgIpc) is 1.85. The van der Waals surface area contributed by atoms with Crippen molar-refractivity contribution in [2.24, 2.45) is 0 Å². The van der Waals surface area contributed by atoms with Gasteiger partial charge < -0.3 is 9.47 Å². The number of carbonyl (C=O) groups excluding carboxylic acids is 1. The summed E-state index contributed by atoms with van der Waals surface area (Å²) in [6.07, 6.45) is -0.485. The van der Waals surface area contributed by atoms with Crippen LogP contribution in [0.5, 0.6) is 0 Å². The van der Waals surface area contributed by atoms with Crippen molar-refractivity contribution >= 4 is 18.1 Å². The van der Waals surface area contributed by atoms with Crippen LogP contribution >= 0.6 is 11.6 Å². The molecule has 9 heavy (non-hydrogen) atoms. The van der Waals surface area contributed by atoms with Crippen molar-refractivity contribution < 1.29 is 14.3 Å². The molecule has 0 amide bonds. The molecule has 1 unspecified atom stereocenters. The molecule has 0 aliphatic heterocycles. The van der Waals surface area contributed by atoms with Crippen molar-refractivity contribution in [3.8, 4) is 0 Å². The number of hydrogen-bond donors (Lipinski definition) is 0. The van der Waals surface area contributed by atoms with E-state index in [0.717, 1.165) is 0 Å². The van der Waals surface area contributed by atoms with Gasteiger partial charge >= 0.3 is 0 Å². The van der Waals surface area contributed by atoms with Crippen molar-refractivity contribution in [2.75, 3.05) is 12.5 Å². The topological polar surface area (TPSA) is 35.5 Å². The van der Waals surface area contributed by atoms with E-state index in [2.05, 4.69) is 4.74 Å². The lowest BCUT2D eigenvalue weighted by molar-refractivity contribution is -0.158. The first-order valence-corrected chi connectivity index (χ1v) is 3.11. The van der Waals surface area contributed by atoms with Crippen LogP contribution in [0.3, 0.4) is 0 Å². The molecule has 0 aromatic rings. The fraction of sp³-hybridized carbons (Fsp3) is 0.800. The van der Waals surface area contributed by atoms with E-state index in [9.17, 15) is 4.79 Å². The monoisotopic (exact) mass is 152 g/mol. The Morgan fingerprint density at radius 2 is 2.44 bits per heavy atom. The van der Waals surface area contributed by atoms with Gasteiger partial charge in [-0.15, -0.1) is 11.6 Å². The fourth-order valence-corrected chi connectivity index (χ4v) is 0.417. The molecule has 4 heteroatoms. The molecule has 0 fully saturated rings. The molecule has 0 aromatic carbocycles. The molecule has 54 valence electrons. The van der Waals surface area contributed by atoms with Gasteiger partial charge in [-0.05, 0) is 6.92 Å². The first kappa shape index (κ1) is 8.72. The molecule has 0 heterocycles. The summed E-state index contributed by atoms with van der Waals surface area (Å²) < 4.78 is 9.23. The lowest BCUT2D eigenvalue weighted by atomic mass is 10.7. The molecule has 0 saturated carbocycles. The van der Waals surface area contributed by atoms with Crippen molar-refractivity contribution in [1.29, 1.82) is 0 Å². The Bertz CT molecular complexity index is 76.6. The second-order valence-corrected chi connectivity index (χ2v) is 1.74. The van der Waals surface area contributed by atoms with E-state index in [4.69, 9.17) is 16.3 Å². The second-order valence-electron chi connectivity index (χ2n) is 1.36. The Balaban J connectivity index is 3.04. The molecule has 0 aliphatic carbocycles. The Morgan fingerprint density at radius 3 is 2.89 bits per heavy atom. The van der Waals surface area contributed by atoms with Crippen LogP contribution < -0.4 is 0 Å². The molecular weight excluding hydrogens is 144 g/mol. The summed E-state index contributed by atoms with van der Waals surface area (Å²) in [5.41, 5.74) is 0. The summed E-state index contributed by atoms with van der Waals surface area (Å²) in [4.78, 5) is 9.64. The van der Waals surface area contributed by atoms with Gasteiger partial charge in [-0.3, -0.25) is 4.79 Å². The SMILES string of the molecule is CC(OC=O)OCCCl. The standard InChI is InChI=1S/C5H9ClO3/c1-5(9-4-7)8-3-2-6/h4-5H,2-3H2,1H3. The molecule has 1 atom stereocenters. The summed E-state index contributed by atoms with van der Waals surface area (Å²) in [5.74, 6) is 0.409. The zero-order valence-electron chi connectivity index (χ0n) is 5.17. The summed E-state index contributed by atoms with van der Waals surface area (Å²) in [7, 11) is 0. The van der Waals surface area contributed by atoms with Gasteiger partial charge in [0.15, 0.2) is 6.29 Å². The van der Waals surface area contributed by atoms with Gasteiger partial charge in [0.1, 0.15) is 0 Å². The molecule has 0 saturated heterocycles. The minimum absolute atomic E-state index is 0.346. The van der Waals surface area contributed by atoms with E-state index >= 15 is 0 Å². The van der Waals surface area contributed by atoms with E-state index in [0.29, 0.717) is 19.0 Å². The van der Waals surface area contributed by atoms with E-state index in [1.807, 2.05) is 0 Å². The van der Waals surface area contributed by atoms with E-state index < -0.39 is 6.29 Å². The maximum atomic E-state index is 9.64. The number of carbonyl (C=O) groups is 1. The Kier molecular flexibility index (Phi) is 5.67. The Labute approximate surface area is 58.9 Å². The summed E-state index contributed by atoms with van der Waals surface area (Å²) in [6.45, 7) is 2.37. The van der Waals surface area contributed by atoms with Crippen LogP contribution in [0.15, 0.2) is 0 Å². The molecule has 3 nitrogen and oxygen atoms in total. The first-order chi connectivity index (χ1) is 4.31. The highest BCUT2D eigenvalue weighted by Gasteiger charge is 1.97. The number of hydrogen-bond acceptors (Lipinski definition) is 3. The molecule has 0 rings (SSSR count). The second kappa shape index (κ2) is 5.85. The van der Waals surface area contributed by atoms with Gasteiger partial charge in [-0.1, -0.05) is 0 Å². The zero-order chi connectivity index (χ0) is 7.11. The molecule has 0 bridgehead atoms. The minimum atomic E-state index is -0.485. The van der Waals surface area contributed by atoms with Gasteiger partial charge in [0.25, 0.3) is 6.47 Å². The lowest BCUT2D eigenvalue weighted by Crippen LogP contribution is -2.13. The molecule has 0 aromatic heterocycles. The number of halogens is 1. The van der Waals surface area contributed by atoms with Gasteiger partial charge in [-0.25, -0.2) is 0 Å². The maximum absolute atomic E-state index is 9.64. The quantitative estimate of drug-likeness (QED) is 0.332. The third-order valence-corrected chi connectivity index (χ3v) is 0.831. The maximum Gasteiger partial charge on any atom is 0.295 e.